The standard InChI is InChI=1S/C13H22N4O2/c1-4-7-17-11(14)10(13(18)19-3)12(16-17)15-8(2)9-5-6-9/h8-9H,4-7,14H2,1-3H3,(H,15,16). The van der Waals surface area contributed by atoms with Crippen LogP contribution < -0.4 is 11.1 Å². The van der Waals surface area contributed by atoms with Crippen molar-refractivity contribution in [2.45, 2.75) is 45.7 Å². The van der Waals surface area contributed by atoms with E-state index in [9.17, 15) is 4.79 Å². The number of nitrogens with zero attached hydrogens (tertiary/aromatic N) is 2. The Kier molecular flexibility index (Phi) is 3.97. The minimum absolute atomic E-state index is 0.299. The van der Waals surface area contributed by atoms with Crippen LogP contribution in [-0.4, -0.2) is 28.9 Å². The summed E-state index contributed by atoms with van der Waals surface area (Å²) in [5.74, 6) is 1.14. The van der Waals surface area contributed by atoms with Gasteiger partial charge in [-0.1, -0.05) is 6.92 Å². The van der Waals surface area contributed by atoms with Crippen molar-refractivity contribution in [3.8, 4) is 0 Å². The van der Waals surface area contributed by atoms with E-state index in [1.807, 2.05) is 6.92 Å². The van der Waals surface area contributed by atoms with Gasteiger partial charge in [0.25, 0.3) is 0 Å². The Morgan fingerprint density at radius 1 is 1.63 bits per heavy atom. The monoisotopic (exact) mass is 266 g/mol. The van der Waals surface area contributed by atoms with Crippen molar-refractivity contribution < 1.29 is 9.53 Å². The highest BCUT2D eigenvalue weighted by atomic mass is 16.5. The Morgan fingerprint density at radius 3 is 2.84 bits per heavy atom. The summed E-state index contributed by atoms with van der Waals surface area (Å²) in [5.41, 5.74) is 6.34. The first-order chi connectivity index (χ1) is 9.08. The summed E-state index contributed by atoms with van der Waals surface area (Å²) in [6.07, 6.45) is 3.36. The zero-order valence-electron chi connectivity index (χ0n) is 11.8. The maximum absolute atomic E-state index is 11.8. The molecule has 0 saturated heterocycles. The number of nitrogens with two attached hydrogens (primary N) is 1. The molecule has 1 atom stereocenters. The number of hydrogen-bond donors (Lipinski definition) is 2. The third-order valence-corrected chi connectivity index (χ3v) is 3.51. The molecule has 1 aliphatic rings. The Bertz CT molecular complexity index is 465. The van der Waals surface area contributed by atoms with Crippen LogP contribution in [0.1, 0.15) is 43.5 Å². The van der Waals surface area contributed by atoms with Crippen LogP contribution in [0.3, 0.4) is 0 Å². The van der Waals surface area contributed by atoms with Crippen LogP contribution in [0.15, 0.2) is 0 Å². The molecular formula is C13H22N4O2. The lowest BCUT2D eigenvalue weighted by molar-refractivity contribution is 0.0603. The molecule has 1 aliphatic carbocycles. The van der Waals surface area contributed by atoms with Gasteiger partial charge in [-0.15, -0.1) is 0 Å². The quantitative estimate of drug-likeness (QED) is 0.768. The van der Waals surface area contributed by atoms with Gasteiger partial charge in [0.05, 0.1) is 7.11 Å². The van der Waals surface area contributed by atoms with Gasteiger partial charge >= 0.3 is 5.97 Å². The molecule has 0 aliphatic heterocycles. The Morgan fingerprint density at radius 2 is 2.32 bits per heavy atom. The lowest BCUT2D eigenvalue weighted by atomic mass is 10.2. The zero-order chi connectivity index (χ0) is 14.0. The number of anilines is 2. The number of aromatic nitrogens is 2. The fourth-order valence-corrected chi connectivity index (χ4v) is 2.19. The summed E-state index contributed by atoms with van der Waals surface area (Å²) in [7, 11) is 1.35. The average molecular weight is 266 g/mol. The number of esters is 1. The van der Waals surface area contributed by atoms with Crippen LogP contribution in [-0.2, 0) is 11.3 Å². The van der Waals surface area contributed by atoms with Crippen LogP contribution in [0.5, 0.6) is 0 Å². The van der Waals surface area contributed by atoms with E-state index in [1.54, 1.807) is 4.68 Å². The van der Waals surface area contributed by atoms with Gasteiger partial charge in [0.15, 0.2) is 5.82 Å². The minimum atomic E-state index is -0.439. The molecule has 106 valence electrons. The van der Waals surface area contributed by atoms with Crippen LogP contribution in [0, 0.1) is 5.92 Å². The van der Waals surface area contributed by atoms with Gasteiger partial charge < -0.3 is 15.8 Å². The largest absolute Gasteiger partial charge is 0.465 e. The van der Waals surface area contributed by atoms with Gasteiger partial charge in [-0.2, -0.15) is 5.10 Å². The molecule has 1 heterocycles. The SMILES string of the molecule is CCCn1nc(NC(C)C2CC2)c(C(=O)OC)c1N. The second kappa shape index (κ2) is 5.50. The fraction of sp³-hybridized carbons (Fsp3) is 0.692. The molecule has 0 spiro atoms. The lowest BCUT2D eigenvalue weighted by Gasteiger charge is -2.12. The molecule has 0 amide bonds. The predicted molar refractivity (Wildman–Crippen MR) is 74.1 cm³/mol. The van der Waals surface area contributed by atoms with E-state index < -0.39 is 5.97 Å². The van der Waals surface area contributed by atoms with Crippen molar-refractivity contribution in [2.24, 2.45) is 5.92 Å². The van der Waals surface area contributed by atoms with Gasteiger partial charge in [0, 0.05) is 12.6 Å². The van der Waals surface area contributed by atoms with Crippen molar-refractivity contribution >= 4 is 17.6 Å². The Balaban J connectivity index is 2.27. The van der Waals surface area contributed by atoms with Crippen molar-refractivity contribution in [3.05, 3.63) is 5.56 Å². The number of ether oxygens (including phenoxy) is 1. The molecule has 1 aromatic heterocycles. The van der Waals surface area contributed by atoms with Crippen molar-refractivity contribution in [1.29, 1.82) is 0 Å². The van der Waals surface area contributed by atoms with E-state index in [0.29, 0.717) is 35.7 Å². The molecule has 1 saturated carbocycles. The van der Waals surface area contributed by atoms with Gasteiger partial charge in [0.1, 0.15) is 11.4 Å². The molecule has 0 radical (unpaired) electrons. The molecule has 1 aromatic rings. The third kappa shape index (κ3) is 2.83. The van der Waals surface area contributed by atoms with Crippen molar-refractivity contribution in [2.75, 3.05) is 18.2 Å². The van der Waals surface area contributed by atoms with E-state index in [2.05, 4.69) is 17.3 Å². The number of carbonyl (C=O) groups excluding carboxylic acids is 1. The summed E-state index contributed by atoms with van der Waals surface area (Å²) >= 11 is 0. The first-order valence-corrected chi connectivity index (χ1v) is 6.79. The van der Waals surface area contributed by atoms with Crippen LogP contribution >= 0.6 is 0 Å². The van der Waals surface area contributed by atoms with E-state index in [0.717, 1.165) is 6.42 Å². The summed E-state index contributed by atoms with van der Waals surface area (Å²) < 4.78 is 6.46. The van der Waals surface area contributed by atoms with Gasteiger partial charge in [-0.05, 0) is 32.1 Å². The second-order valence-electron chi connectivity index (χ2n) is 5.09. The summed E-state index contributed by atoms with van der Waals surface area (Å²) in [6.45, 7) is 4.84. The number of hydrogen-bond acceptors (Lipinski definition) is 5. The molecule has 0 bridgehead atoms. The Hall–Kier alpha value is -1.72. The third-order valence-electron chi connectivity index (χ3n) is 3.51. The van der Waals surface area contributed by atoms with E-state index in [4.69, 9.17) is 10.5 Å². The molecule has 19 heavy (non-hydrogen) atoms. The molecule has 0 aromatic carbocycles. The zero-order valence-corrected chi connectivity index (χ0v) is 11.8. The summed E-state index contributed by atoms with van der Waals surface area (Å²) in [4.78, 5) is 11.8. The Labute approximate surface area is 113 Å². The summed E-state index contributed by atoms with van der Waals surface area (Å²) in [5, 5.41) is 7.69. The molecule has 3 N–H and O–H groups in total. The van der Waals surface area contributed by atoms with Gasteiger partial charge in [-0.25, -0.2) is 9.48 Å². The molecule has 6 nitrogen and oxygen atoms in total. The first-order valence-electron chi connectivity index (χ1n) is 6.79. The molecule has 2 rings (SSSR count). The topological polar surface area (TPSA) is 82.2 Å². The van der Waals surface area contributed by atoms with E-state index >= 15 is 0 Å². The molecule has 1 fully saturated rings. The highest BCUT2D eigenvalue weighted by Crippen LogP contribution is 2.35. The van der Waals surface area contributed by atoms with E-state index in [1.165, 1.54) is 20.0 Å². The van der Waals surface area contributed by atoms with E-state index in [-0.39, 0.29) is 0 Å². The number of nitrogen functional groups attached to an aromatic ring is 1. The second-order valence-corrected chi connectivity index (χ2v) is 5.09. The normalized spacial score (nSPS) is 16.2. The number of methoxy groups -OCH3 is 1. The molecular weight excluding hydrogens is 244 g/mol. The lowest BCUT2D eigenvalue weighted by Crippen LogP contribution is -2.19. The maximum Gasteiger partial charge on any atom is 0.345 e. The fourth-order valence-electron chi connectivity index (χ4n) is 2.19. The minimum Gasteiger partial charge on any atom is -0.465 e. The average Bonchev–Trinajstić information content (AvgIpc) is 3.18. The van der Waals surface area contributed by atoms with Crippen molar-refractivity contribution in [3.63, 3.8) is 0 Å². The highest BCUT2D eigenvalue weighted by Gasteiger charge is 2.30. The number of nitrogens with one attached hydrogen (secondary N) is 1. The molecule has 1 unspecified atom stereocenters. The smallest absolute Gasteiger partial charge is 0.345 e. The highest BCUT2D eigenvalue weighted by molar-refractivity contribution is 5.99. The predicted octanol–water partition coefficient (Wildman–Crippen LogP) is 1.87. The molecule has 6 heteroatoms. The first kappa shape index (κ1) is 13.7. The van der Waals surface area contributed by atoms with Crippen LogP contribution in [0.25, 0.3) is 0 Å². The summed E-state index contributed by atoms with van der Waals surface area (Å²) in [6, 6.07) is 0.299. The van der Waals surface area contributed by atoms with Crippen LogP contribution in [0.4, 0.5) is 11.6 Å². The van der Waals surface area contributed by atoms with Crippen molar-refractivity contribution in [1.82, 2.24) is 9.78 Å². The van der Waals surface area contributed by atoms with Gasteiger partial charge in [-0.3, -0.25) is 0 Å². The number of aryl methyl sites for hydroxylation is 1. The number of rotatable bonds is 6. The van der Waals surface area contributed by atoms with Gasteiger partial charge in [0.2, 0.25) is 0 Å². The maximum atomic E-state index is 11.8. The number of carbonyl (C=O) groups is 1. The van der Waals surface area contributed by atoms with Crippen LogP contribution in [0.2, 0.25) is 0 Å².